The van der Waals surface area contributed by atoms with Crippen LogP contribution in [0.1, 0.15) is 25.2 Å². The molecule has 94 valence electrons. The van der Waals surface area contributed by atoms with Crippen LogP contribution in [0.4, 0.5) is 0 Å². The average Bonchev–Trinajstić information content (AvgIpc) is 2.84. The molecule has 0 fully saturated rings. The van der Waals surface area contributed by atoms with Crippen LogP contribution in [0.3, 0.4) is 0 Å². The number of aliphatic carboxylic acids is 1. The molecular weight excluding hydrogens is 236 g/mol. The van der Waals surface area contributed by atoms with Gasteiger partial charge >= 0.3 is 5.97 Å². The van der Waals surface area contributed by atoms with E-state index in [9.17, 15) is 4.79 Å². The number of carboxylic acid groups (broad SMARTS) is 1. The average molecular weight is 248 g/mol. The van der Waals surface area contributed by atoms with Crippen LogP contribution in [0.25, 0.3) is 11.5 Å². The number of aromatic nitrogens is 4. The molecule has 0 aliphatic rings. The van der Waals surface area contributed by atoms with Crippen molar-refractivity contribution in [1.29, 1.82) is 0 Å². The first-order valence-electron chi connectivity index (χ1n) is 5.56. The largest absolute Gasteiger partial charge is 0.481 e. The Hall–Kier alpha value is -2.31. The van der Waals surface area contributed by atoms with E-state index in [0.29, 0.717) is 36.7 Å². The number of carbonyl (C=O) groups is 1. The molecule has 0 aromatic carbocycles. The molecule has 2 heterocycles. The Balaban J connectivity index is 1.89. The Labute approximate surface area is 103 Å². The van der Waals surface area contributed by atoms with Crippen LogP contribution in [0.15, 0.2) is 23.1 Å². The van der Waals surface area contributed by atoms with Crippen LogP contribution in [0.2, 0.25) is 0 Å². The number of hydrogen-bond donors (Lipinski definition) is 1. The van der Waals surface area contributed by atoms with Crippen molar-refractivity contribution < 1.29 is 14.4 Å². The van der Waals surface area contributed by atoms with Gasteiger partial charge in [0.2, 0.25) is 11.7 Å². The predicted octanol–water partition coefficient (Wildman–Crippen LogP) is 1.32. The first kappa shape index (κ1) is 12.2. The molecule has 0 spiro atoms. The summed E-state index contributed by atoms with van der Waals surface area (Å²) in [6.45, 7) is 0. The Morgan fingerprint density at radius 3 is 2.94 bits per heavy atom. The normalized spacial score (nSPS) is 10.4. The van der Waals surface area contributed by atoms with E-state index >= 15 is 0 Å². The molecule has 7 nitrogen and oxygen atoms in total. The summed E-state index contributed by atoms with van der Waals surface area (Å²) >= 11 is 0. The van der Waals surface area contributed by atoms with E-state index in [1.165, 1.54) is 0 Å². The van der Waals surface area contributed by atoms with Crippen molar-refractivity contribution in [3.05, 3.63) is 24.5 Å². The highest BCUT2D eigenvalue weighted by molar-refractivity contribution is 5.66. The maximum absolute atomic E-state index is 10.3. The summed E-state index contributed by atoms with van der Waals surface area (Å²) in [7, 11) is 0. The first-order valence-corrected chi connectivity index (χ1v) is 5.56. The Morgan fingerprint density at radius 2 is 2.22 bits per heavy atom. The zero-order chi connectivity index (χ0) is 12.8. The molecule has 0 unspecified atom stereocenters. The van der Waals surface area contributed by atoms with Crippen LogP contribution >= 0.6 is 0 Å². The minimum absolute atomic E-state index is 0.158. The second kappa shape index (κ2) is 5.85. The van der Waals surface area contributed by atoms with Crippen LogP contribution in [0, 0.1) is 0 Å². The molecule has 7 heteroatoms. The minimum Gasteiger partial charge on any atom is -0.481 e. The van der Waals surface area contributed by atoms with Gasteiger partial charge in [0.05, 0.1) is 6.20 Å². The van der Waals surface area contributed by atoms with Crippen molar-refractivity contribution in [2.45, 2.75) is 25.7 Å². The van der Waals surface area contributed by atoms with E-state index in [1.54, 1.807) is 18.6 Å². The van der Waals surface area contributed by atoms with E-state index in [0.717, 1.165) is 0 Å². The fourth-order valence-electron chi connectivity index (χ4n) is 1.43. The van der Waals surface area contributed by atoms with Crippen molar-refractivity contribution >= 4 is 5.97 Å². The van der Waals surface area contributed by atoms with Gasteiger partial charge in [-0.2, -0.15) is 4.98 Å². The van der Waals surface area contributed by atoms with Crippen molar-refractivity contribution in [2.24, 2.45) is 0 Å². The second-order valence-electron chi connectivity index (χ2n) is 3.70. The quantitative estimate of drug-likeness (QED) is 0.769. The number of unbranched alkanes of at least 4 members (excludes halogenated alkanes) is 1. The first-order chi connectivity index (χ1) is 8.75. The molecule has 2 aromatic heterocycles. The van der Waals surface area contributed by atoms with Gasteiger partial charge in [0, 0.05) is 25.2 Å². The van der Waals surface area contributed by atoms with E-state index in [1.807, 2.05) is 0 Å². The fourth-order valence-corrected chi connectivity index (χ4v) is 1.43. The molecular formula is C11H12N4O3. The van der Waals surface area contributed by atoms with Crippen LogP contribution in [0.5, 0.6) is 0 Å². The molecule has 0 amide bonds. The third-order valence-electron chi connectivity index (χ3n) is 2.29. The van der Waals surface area contributed by atoms with Gasteiger partial charge in [-0.15, -0.1) is 0 Å². The van der Waals surface area contributed by atoms with Crippen molar-refractivity contribution in [2.75, 3.05) is 0 Å². The molecule has 0 saturated heterocycles. The SMILES string of the molecule is O=C(O)CCCCc1nc(-c2cnccn2)no1. The lowest BCUT2D eigenvalue weighted by Gasteiger charge is -1.93. The van der Waals surface area contributed by atoms with Crippen LogP contribution in [-0.2, 0) is 11.2 Å². The van der Waals surface area contributed by atoms with Crippen molar-refractivity contribution in [3.8, 4) is 11.5 Å². The van der Waals surface area contributed by atoms with E-state index in [4.69, 9.17) is 9.63 Å². The van der Waals surface area contributed by atoms with Gasteiger partial charge in [0.1, 0.15) is 5.69 Å². The van der Waals surface area contributed by atoms with Gasteiger partial charge in [-0.05, 0) is 12.8 Å². The van der Waals surface area contributed by atoms with Crippen molar-refractivity contribution in [1.82, 2.24) is 20.1 Å². The highest BCUT2D eigenvalue weighted by Crippen LogP contribution is 2.12. The Morgan fingerprint density at radius 1 is 1.33 bits per heavy atom. The molecule has 18 heavy (non-hydrogen) atoms. The summed E-state index contributed by atoms with van der Waals surface area (Å²) in [5.41, 5.74) is 0.554. The molecule has 0 bridgehead atoms. The molecule has 0 aliphatic carbocycles. The maximum atomic E-state index is 10.3. The molecule has 2 aromatic rings. The Kier molecular flexibility index (Phi) is 3.95. The molecule has 0 saturated carbocycles. The molecule has 0 aliphatic heterocycles. The molecule has 0 radical (unpaired) electrons. The second-order valence-corrected chi connectivity index (χ2v) is 3.70. The van der Waals surface area contributed by atoms with Crippen molar-refractivity contribution in [3.63, 3.8) is 0 Å². The lowest BCUT2D eigenvalue weighted by molar-refractivity contribution is -0.137. The van der Waals surface area contributed by atoms with Gasteiger partial charge in [0.25, 0.3) is 0 Å². The van der Waals surface area contributed by atoms with E-state index < -0.39 is 5.97 Å². The number of rotatable bonds is 6. The summed E-state index contributed by atoms with van der Waals surface area (Å²) in [4.78, 5) is 22.5. The standard InChI is InChI=1S/C11H12N4O3/c16-10(17)4-2-1-3-9-14-11(15-18-9)8-7-12-5-6-13-8/h5-7H,1-4H2,(H,16,17). The Bertz CT molecular complexity index is 512. The van der Waals surface area contributed by atoms with Gasteiger partial charge in [0.15, 0.2) is 0 Å². The monoisotopic (exact) mass is 248 g/mol. The van der Waals surface area contributed by atoms with E-state index in [2.05, 4.69) is 20.1 Å². The zero-order valence-corrected chi connectivity index (χ0v) is 9.61. The number of nitrogens with zero attached hydrogens (tertiary/aromatic N) is 4. The highest BCUT2D eigenvalue weighted by Gasteiger charge is 2.09. The topological polar surface area (TPSA) is 102 Å². The maximum Gasteiger partial charge on any atom is 0.303 e. The summed E-state index contributed by atoms with van der Waals surface area (Å²) < 4.78 is 5.05. The lowest BCUT2D eigenvalue weighted by Crippen LogP contribution is -1.95. The van der Waals surface area contributed by atoms with Gasteiger partial charge < -0.3 is 9.63 Å². The van der Waals surface area contributed by atoms with Crippen LogP contribution < -0.4 is 0 Å². The van der Waals surface area contributed by atoms with Crippen LogP contribution in [-0.4, -0.2) is 31.2 Å². The van der Waals surface area contributed by atoms with E-state index in [-0.39, 0.29) is 6.42 Å². The minimum atomic E-state index is -0.791. The molecule has 2 rings (SSSR count). The molecule has 0 atom stereocenters. The summed E-state index contributed by atoms with van der Waals surface area (Å²) in [6.07, 6.45) is 6.70. The zero-order valence-electron chi connectivity index (χ0n) is 9.61. The summed E-state index contributed by atoms with van der Waals surface area (Å²) in [5.74, 6) is 0.0955. The third-order valence-corrected chi connectivity index (χ3v) is 2.29. The lowest BCUT2D eigenvalue weighted by atomic mass is 10.2. The number of aryl methyl sites for hydroxylation is 1. The third kappa shape index (κ3) is 3.34. The molecule has 1 N–H and O–H groups in total. The van der Waals surface area contributed by atoms with Gasteiger partial charge in [-0.25, -0.2) is 4.98 Å². The smallest absolute Gasteiger partial charge is 0.303 e. The summed E-state index contributed by atoms with van der Waals surface area (Å²) in [5, 5.41) is 12.3. The van der Waals surface area contributed by atoms with Gasteiger partial charge in [-0.3, -0.25) is 9.78 Å². The number of hydrogen-bond acceptors (Lipinski definition) is 6. The predicted molar refractivity (Wildman–Crippen MR) is 60.5 cm³/mol. The summed E-state index contributed by atoms with van der Waals surface area (Å²) in [6, 6.07) is 0. The number of carboxylic acids is 1. The highest BCUT2D eigenvalue weighted by atomic mass is 16.5. The van der Waals surface area contributed by atoms with Gasteiger partial charge in [-0.1, -0.05) is 5.16 Å². The fraction of sp³-hybridized carbons (Fsp3) is 0.364.